The van der Waals surface area contributed by atoms with Crippen LogP contribution in [0.5, 0.6) is 0 Å². The first-order valence-electron chi connectivity index (χ1n) is 6.25. The molecule has 96 valence electrons. The van der Waals surface area contributed by atoms with E-state index in [2.05, 4.69) is 17.1 Å². The maximum atomic E-state index is 9.33. The molecule has 0 N–H and O–H groups in total. The molecule has 0 saturated heterocycles. The van der Waals surface area contributed by atoms with Crippen molar-refractivity contribution in [3.8, 4) is 17.2 Å². The summed E-state index contributed by atoms with van der Waals surface area (Å²) < 4.78 is 0. The lowest BCUT2D eigenvalue weighted by Gasteiger charge is -2.07. The predicted octanol–water partition coefficient (Wildman–Crippen LogP) is 4.74. The average molecular weight is 279 g/mol. The van der Waals surface area contributed by atoms with Gasteiger partial charge in [-0.15, -0.1) is 0 Å². The van der Waals surface area contributed by atoms with Gasteiger partial charge in [0.1, 0.15) is 11.8 Å². The molecule has 0 radical (unpaired) electrons. The van der Waals surface area contributed by atoms with Crippen molar-refractivity contribution in [3.05, 3.63) is 64.8 Å². The third-order valence-corrected chi connectivity index (χ3v) is 3.45. The van der Waals surface area contributed by atoms with Gasteiger partial charge in [0.2, 0.25) is 0 Å². The molecule has 1 heterocycles. The third kappa shape index (κ3) is 2.24. The van der Waals surface area contributed by atoms with E-state index in [0.717, 1.165) is 27.6 Å². The molecule has 0 unspecified atom stereocenters. The summed E-state index contributed by atoms with van der Waals surface area (Å²) in [6.07, 6.45) is 0. The van der Waals surface area contributed by atoms with Crippen LogP contribution in [0.3, 0.4) is 0 Å². The monoisotopic (exact) mass is 278 g/mol. The topological polar surface area (TPSA) is 36.7 Å². The van der Waals surface area contributed by atoms with E-state index in [0.29, 0.717) is 10.7 Å². The quantitative estimate of drug-likeness (QED) is 0.645. The molecule has 0 aliphatic rings. The lowest BCUT2D eigenvalue weighted by Crippen LogP contribution is -1.91. The number of nitrogens with zero attached hydrogens (tertiary/aromatic N) is 2. The number of aryl methyl sites for hydroxylation is 1. The number of hydrogen-bond acceptors (Lipinski definition) is 2. The molecule has 3 rings (SSSR count). The molecule has 2 aromatic carbocycles. The Balaban J connectivity index is 2.30. The van der Waals surface area contributed by atoms with Crippen LogP contribution < -0.4 is 0 Å². The van der Waals surface area contributed by atoms with E-state index in [1.54, 1.807) is 6.07 Å². The maximum Gasteiger partial charge on any atom is 0.149 e. The molecular formula is C17H11ClN2. The Morgan fingerprint density at radius 2 is 1.95 bits per heavy atom. The fourth-order valence-corrected chi connectivity index (χ4v) is 2.42. The van der Waals surface area contributed by atoms with Crippen LogP contribution in [0.25, 0.3) is 22.0 Å². The molecule has 0 saturated carbocycles. The van der Waals surface area contributed by atoms with Crippen molar-refractivity contribution in [3.63, 3.8) is 0 Å². The molecule has 0 aliphatic heterocycles. The Labute approximate surface area is 122 Å². The average Bonchev–Trinajstić information content (AvgIpc) is 2.45. The number of pyridine rings is 1. The molecule has 3 heteroatoms. The van der Waals surface area contributed by atoms with Gasteiger partial charge in [0, 0.05) is 16.0 Å². The molecule has 1 aromatic heterocycles. The first kappa shape index (κ1) is 12.7. The Morgan fingerprint density at radius 3 is 2.70 bits per heavy atom. The molecule has 2 nitrogen and oxygen atoms in total. The summed E-state index contributed by atoms with van der Waals surface area (Å²) in [7, 11) is 0. The van der Waals surface area contributed by atoms with E-state index < -0.39 is 0 Å². The summed E-state index contributed by atoms with van der Waals surface area (Å²) in [4.78, 5) is 4.41. The normalized spacial score (nSPS) is 10.4. The minimum atomic E-state index is 0.422. The Bertz CT molecular complexity index is 847. The van der Waals surface area contributed by atoms with Crippen molar-refractivity contribution in [1.82, 2.24) is 4.98 Å². The van der Waals surface area contributed by atoms with Gasteiger partial charge in [-0.05, 0) is 30.7 Å². The van der Waals surface area contributed by atoms with E-state index in [-0.39, 0.29) is 0 Å². The molecule has 0 spiro atoms. The van der Waals surface area contributed by atoms with Gasteiger partial charge in [-0.2, -0.15) is 5.26 Å². The Hall–Kier alpha value is -2.37. The fourth-order valence-electron chi connectivity index (χ4n) is 2.26. The van der Waals surface area contributed by atoms with Crippen molar-refractivity contribution in [2.45, 2.75) is 6.92 Å². The van der Waals surface area contributed by atoms with Gasteiger partial charge in [0.15, 0.2) is 0 Å². The zero-order chi connectivity index (χ0) is 14.1. The molecule has 0 atom stereocenters. The summed E-state index contributed by atoms with van der Waals surface area (Å²) in [6.45, 7) is 2.03. The van der Waals surface area contributed by atoms with E-state index >= 15 is 0 Å². The van der Waals surface area contributed by atoms with Crippen LogP contribution in [0.15, 0.2) is 48.5 Å². The Morgan fingerprint density at radius 1 is 1.10 bits per heavy atom. The first-order valence-corrected chi connectivity index (χ1v) is 6.62. The van der Waals surface area contributed by atoms with Gasteiger partial charge >= 0.3 is 0 Å². The second-order valence-corrected chi connectivity index (χ2v) is 5.14. The Kier molecular flexibility index (Phi) is 3.14. The zero-order valence-corrected chi connectivity index (χ0v) is 11.6. The number of hydrogen-bond donors (Lipinski definition) is 0. The smallest absolute Gasteiger partial charge is 0.149 e. The lowest BCUT2D eigenvalue weighted by atomic mass is 10.0. The summed E-state index contributed by atoms with van der Waals surface area (Å²) in [5, 5.41) is 10.9. The molecule has 0 fully saturated rings. The predicted molar refractivity (Wildman–Crippen MR) is 81.6 cm³/mol. The summed E-state index contributed by atoms with van der Waals surface area (Å²) in [6, 6.07) is 17.8. The van der Waals surface area contributed by atoms with Crippen molar-refractivity contribution in [2.24, 2.45) is 0 Å². The molecular weight excluding hydrogens is 268 g/mol. The van der Waals surface area contributed by atoms with Gasteiger partial charge in [-0.25, -0.2) is 4.98 Å². The number of halogens is 1. The second-order valence-electron chi connectivity index (χ2n) is 4.70. The van der Waals surface area contributed by atoms with Gasteiger partial charge in [0.05, 0.1) is 5.52 Å². The highest BCUT2D eigenvalue weighted by Gasteiger charge is 2.09. The van der Waals surface area contributed by atoms with E-state index in [1.807, 2.05) is 43.3 Å². The molecule has 0 bridgehead atoms. The van der Waals surface area contributed by atoms with Crippen LogP contribution in [-0.2, 0) is 0 Å². The number of nitriles is 1. The van der Waals surface area contributed by atoms with Crippen LogP contribution in [0.4, 0.5) is 0 Å². The van der Waals surface area contributed by atoms with Crippen LogP contribution >= 0.6 is 11.6 Å². The number of fused-ring (bicyclic) bond motifs is 1. The molecule has 0 aliphatic carbocycles. The SMILES string of the molecule is Cc1cccc(-c2cc3ccc(Cl)cc3nc2C#N)c1. The van der Waals surface area contributed by atoms with E-state index in [9.17, 15) is 5.26 Å². The van der Waals surface area contributed by atoms with E-state index in [4.69, 9.17) is 11.6 Å². The van der Waals surface area contributed by atoms with Crippen molar-refractivity contribution in [2.75, 3.05) is 0 Å². The zero-order valence-electron chi connectivity index (χ0n) is 10.9. The second kappa shape index (κ2) is 4.96. The van der Waals surface area contributed by atoms with Crippen LogP contribution in [0.2, 0.25) is 5.02 Å². The lowest BCUT2D eigenvalue weighted by molar-refractivity contribution is 1.32. The first-order chi connectivity index (χ1) is 9.67. The number of rotatable bonds is 1. The number of benzene rings is 2. The third-order valence-electron chi connectivity index (χ3n) is 3.21. The highest BCUT2D eigenvalue weighted by Crippen LogP contribution is 2.28. The summed E-state index contributed by atoms with van der Waals surface area (Å²) in [5.74, 6) is 0. The highest BCUT2D eigenvalue weighted by atomic mass is 35.5. The van der Waals surface area contributed by atoms with Gasteiger partial charge in [0.25, 0.3) is 0 Å². The molecule has 20 heavy (non-hydrogen) atoms. The van der Waals surface area contributed by atoms with Crippen LogP contribution in [-0.4, -0.2) is 4.98 Å². The fraction of sp³-hybridized carbons (Fsp3) is 0.0588. The van der Waals surface area contributed by atoms with Gasteiger partial charge < -0.3 is 0 Å². The largest absolute Gasteiger partial charge is 0.236 e. The minimum absolute atomic E-state index is 0.422. The van der Waals surface area contributed by atoms with Crippen molar-refractivity contribution >= 4 is 22.5 Å². The number of aromatic nitrogens is 1. The summed E-state index contributed by atoms with van der Waals surface area (Å²) in [5.41, 5.74) is 4.18. The molecule has 3 aromatic rings. The van der Waals surface area contributed by atoms with Crippen LogP contribution in [0, 0.1) is 18.3 Å². The highest BCUT2D eigenvalue weighted by molar-refractivity contribution is 6.31. The van der Waals surface area contributed by atoms with Gasteiger partial charge in [-0.3, -0.25) is 0 Å². The molecule has 0 amide bonds. The van der Waals surface area contributed by atoms with Gasteiger partial charge in [-0.1, -0.05) is 47.5 Å². The minimum Gasteiger partial charge on any atom is -0.236 e. The maximum absolute atomic E-state index is 9.33. The van der Waals surface area contributed by atoms with Crippen molar-refractivity contribution in [1.29, 1.82) is 5.26 Å². The van der Waals surface area contributed by atoms with E-state index in [1.165, 1.54) is 0 Å². The summed E-state index contributed by atoms with van der Waals surface area (Å²) >= 11 is 5.97. The van der Waals surface area contributed by atoms with Crippen LogP contribution in [0.1, 0.15) is 11.3 Å². The standard InChI is InChI=1S/C17H11ClN2/c1-11-3-2-4-12(7-11)15-8-13-5-6-14(18)9-16(13)20-17(15)10-19/h2-9H,1H3. The van der Waals surface area contributed by atoms with Crippen molar-refractivity contribution < 1.29 is 0 Å².